The third-order valence-corrected chi connectivity index (χ3v) is 10.5. The van der Waals surface area contributed by atoms with E-state index < -0.39 is 61.8 Å². The number of nitrogen functional groups attached to an aromatic ring is 1. The highest BCUT2D eigenvalue weighted by atomic mass is 32.7. The fourth-order valence-electron chi connectivity index (χ4n) is 5.37. The number of hydrogen-bond donors (Lipinski definition) is 4. The van der Waals surface area contributed by atoms with E-state index in [9.17, 15) is 18.3 Å². The summed E-state index contributed by atoms with van der Waals surface area (Å²) < 4.78 is 79.3. The third kappa shape index (κ3) is 5.54. The molecule has 2 unspecified atom stereocenters. The predicted molar refractivity (Wildman–Crippen MR) is 152 cm³/mol. The van der Waals surface area contributed by atoms with E-state index in [2.05, 4.69) is 49.4 Å². The van der Waals surface area contributed by atoms with Gasteiger partial charge in [0.15, 0.2) is 29.2 Å². The van der Waals surface area contributed by atoms with E-state index in [0.29, 0.717) is 11.2 Å². The Morgan fingerprint density at radius 1 is 0.953 bits per heavy atom. The SMILES string of the molecule is Nc1ncnc2c1ncn2[C@H]1C[C@@H]2OP(=O)(S)OC[C@@H]3C[C@@H](OP(=O)(S)OC[C@H]2O1)[C@H](n1cc(F)c2c(=O)[nH]cnc21)O3. The highest BCUT2D eigenvalue weighted by Gasteiger charge is 2.47. The van der Waals surface area contributed by atoms with Crippen LogP contribution in [0.25, 0.3) is 22.2 Å². The lowest BCUT2D eigenvalue weighted by Gasteiger charge is -2.26. The summed E-state index contributed by atoms with van der Waals surface area (Å²) in [4.78, 5) is 31.0. The van der Waals surface area contributed by atoms with Gasteiger partial charge in [0, 0.05) is 19.0 Å². The van der Waals surface area contributed by atoms with Gasteiger partial charge in [-0.1, -0.05) is 24.5 Å². The monoisotopic (exact) mass is 676 g/mol. The molecule has 230 valence electrons. The number of nitrogens with zero attached hydrogens (tertiary/aromatic N) is 6. The second kappa shape index (κ2) is 10.9. The molecule has 4 aromatic rings. The van der Waals surface area contributed by atoms with Gasteiger partial charge in [-0.05, 0) is 0 Å². The van der Waals surface area contributed by atoms with Crippen LogP contribution in [0.5, 0.6) is 0 Å². The molecule has 17 nitrogen and oxygen atoms in total. The quantitative estimate of drug-likeness (QED) is 0.178. The molecule has 0 radical (unpaired) electrons. The summed E-state index contributed by atoms with van der Waals surface area (Å²) in [6.45, 7) is -8.80. The Morgan fingerprint density at radius 3 is 2.53 bits per heavy atom. The maximum atomic E-state index is 14.7. The van der Waals surface area contributed by atoms with Crippen molar-refractivity contribution in [2.45, 2.75) is 49.7 Å². The molecular weight excluding hydrogens is 653 g/mol. The molecular formula is C21H23FN8O9P2S2. The summed E-state index contributed by atoms with van der Waals surface area (Å²) >= 11 is 8.30. The van der Waals surface area contributed by atoms with Crippen molar-refractivity contribution in [3.8, 4) is 0 Å². The van der Waals surface area contributed by atoms with Gasteiger partial charge in [0.05, 0.1) is 32.0 Å². The van der Waals surface area contributed by atoms with Crippen LogP contribution in [-0.4, -0.2) is 71.7 Å². The topological polar surface area (TPSA) is 210 Å². The minimum Gasteiger partial charge on any atom is -0.382 e. The Morgan fingerprint density at radius 2 is 1.72 bits per heavy atom. The molecule has 0 spiro atoms. The van der Waals surface area contributed by atoms with Crippen molar-refractivity contribution in [3.63, 3.8) is 0 Å². The second-order valence-corrected chi connectivity index (χ2v) is 15.7. The Balaban J connectivity index is 1.17. The highest BCUT2D eigenvalue weighted by molar-refractivity contribution is 8.44. The van der Waals surface area contributed by atoms with Crippen molar-refractivity contribution >= 4 is 66.1 Å². The van der Waals surface area contributed by atoms with E-state index in [1.165, 1.54) is 17.2 Å². The molecule has 0 amide bonds. The number of anilines is 1. The highest BCUT2D eigenvalue weighted by Crippen LogP contribution is 2.60. The molecule has 0 aromatic carbocycles. The van der Waals surface area contributed by atoms with Crippen molar-refractivity contribution in [1.82, 2.24) is 34.1 Å². The Bertz CT molecular complexity index is 1870. The normalized spacial score (nSPS) is 35.4. The van der Waals surface area contributed by atoms with E-state index in [0.717, 1.165) is 12.5 Å². The number of H-pyrrole nitrogens is 1. The third-order valence-electron chi connectivity index (χ3n) is 7.23. The molecule has 7 rings (SSSR count). The first kappa shape index (κ1) is 29.3. The fraction of sp³-hybridized carbons (Fsp3) is 0.476. The zero-order chi connectivity index (χ0) is 30.1. The summed E-state index contributed by atoms with van der Waals surface area (Å²) in [5.74, 6) is -0.670. The van der Waals surface area contributed by atoms with Crippen molar-refractivity contribution < 1.29 is 41.1 Å². The van der Waals surface area contributed by atoms with Gasteiger partial charge in [0.2, 0.25) is 0 Å². The van der Waals surface area contributed by atoms with Crippen LogP contribution in [-0.2, 0) is 36.7 Å². The van der Waals surface area contributed by atoms with E-state index in [-0.39, 0.29) is 42.9 Å². The number of aromatic amines is 1. The number of halogens is 1. The number of fused-ring (bicyclic) bond motifs is 5. The molecule has 0 aliphatic carbocycles. The average Bonchev–Trinajstić information content (AvgIpc) is 3.71. The van der Waals surface area contributed by atoms with E-state index >= 15 is 0 Å². The predicted octanol–water partition coefficient (Wildman–Crippen LogP) is 2.75. The van der Waals surface area contributed by atoms with Gasteiger partial charge < -0.3 is 24.8 Å². The average molecular weight is 677 g/mol. The number of imidazole rings is 1. The van der Waals surface area contributed by atoms with Gasteiger partial charge in [-0.25, -0.2) is 33.5 Å². The first-order chi connectivity index (χ1) is 20.5. The van der Waals surface area contributed by atoms with Crippen LogP contribution in [0.2, 0.25) is 0 Å². The van der Waals surface area contributed by atoms with Gasteiger partial charge in [0.25, 0.3) is 5.56 Å². The molecule has 3 N–H and O–H groups in total. The molecule has 3 aliphatic heterocycles. The second-order valence-electron chi connectivity index (χ2n) is 9.96. The van der Waals surface area contributed by atoms with E-state index in [4.69, 9.17) is 33.3 Å². The number of nitrogens with two attached hydrogens (primary N) is 1. The van der Waals surface area contributed by atoms with Gasteiger partial charge in [-0.15, -0.1) is 0 Å². The lowest BCUT2D eigenvalue weighted by molar-refractivity contribution is -0.0556. The number of ether oxygens (including phenoxy) is 2. The molecule has 7 heterocycles. The smallest absolute Gasteiger partial charge is 0.382 e. The Kier molecular flexibility index (Phi) is 7.44. The molecule has 3 fully saturated rings. The Hall–Kier alpha value is -2.38. The maximum Gasteiger partial charge on any atom is 0.386 e. The van der Waals surface area contributed by atoms with Crippen LogP contribution in [0, 0.1) is 5.82 Å². The first-order valence-electron chi connectivity index (χ1n) is 12.8. The summed E-state index contributed by atoms with van der Waals surface area (Å²) in [6.07, 6.45) is -0.474. The van der Waals surface area contributed by atoms with Crippen molar-refractivity contribution in [3.05, 3.63) is 41.3 Å². The van der Waals surface area contributed by atoms with Crippen molar-refractivity contribution in [2.24, 2.45) is 0 Å². The molecule has 8 atom stereocenters. The molecule has 2 bridgehead atoms. The van der Waals surface area contributed by atoms with Gasteiger partial charge in [0.1, 0.15) is 41.8 Å². The number of hydrogen-bond acceptors (Lipinski definition) is 14. The molecule has 22 heteroatoms. The van der Waals surface area contributed by atoms with Crippen LogP contribution in [0.1, 0.15) is 25.3 Å². The van der Waals surface area contributed by atoms with Gasteiger partial charge in [-0.3, -0.25) is 27.5 Å². The number of rotatable bonds is 2. The van der Waals surface area contributed by atoms with Crippen LogP contribution in [0.15, 0.2) is 30.0 Å². The lowest BCUT2D eigenvalue weighted by atomic mass is 10.2. The van der Waals surface area contributed by atoms with Crippen LogP contribution in [0.3, 0.4) is 0 Å². The standard InChI is InChI=1S/C21H23FN8O9P2S2/c22-10-3-29(18-15(10)20(31)27-7-25-18)21-12-1-9(36-21)4-34-40(32,42)38-11-2-14(37-13(11)5-35-41(33,43)39-12)30-8-28-16-17(23)24-6-26-19(16)30/h3,6-9,11-14,21H,1-2,4-5H2,(H,32,42)(H,33,43)(H2,23,24,26)(H,25,27,31)/t9-,11-,12+,13+,14+,21+,40?,41?/m0/s1. The van der Waals surface area contributed by atoms with Crippen molar-refractivity contribution in [2.75, 3.05) is 18.9 Å². The van der Waals surface area contributed by atoms with Crippen molar-refractivity contribution in [1.29, 1.82) is 0 Å². The first-order valence-corrected chi connectivity index (χ1v) is 18.2. The largest absolute Gasteiger partial charge is 0.386 e. The van der Waals surface area contributed by atoms with E-state index in [1.54, 1.807) is 4.57 Å². The van der Waals surface area contributed by atoms with E-state index in [1.807, 2.05) is 0 Å². The molecule has 43 heavy (non-hydrogen) atoms. The van der Waals surface area contributed by atoms with Crippen LogP contribution >= 0.6 is 38.1 Å². The summed E-state index contributed by atoms with van der Waals surface area (Å²) in [5, 5.41) is -0.295. The fourth-order valence-corrected chi connectivity index (χ4v) is 8.40. The van der Waals surface area contributed by atoms with Gasteiger partial charge in [-0.2, -0.15) is 0 Å². The van der Waals surface area contributed by atoms with Crippen LogP contribution in [0.4, 0.5) is 10.2 Å². The number of aromatic nitrogens is 7. The number of nitrogens with one attached hydrogen (secondary N) is 1. The lowest BCUT2D eigenvalue weighted by Crippen LogP contribution is -2.28. The van der Waals surface area contributed by atoms with Crippen LogP contribution < -0.4 is 11.3 Å². The summed E-state index contributed by atoms with van der Waals surface area (Å²) in [5.41, 5.74) is 5.93. The molecule has 3 saturated heterocycles. The minimum atomic E-state index is -4.13. The zero-order valence-electron chi connectivity index (χ0n) is 21.7. The summed E-state index contributed by atoms with van der Waals surface area (Å²) in [7, 11) is 0. The van der Waals surface area contributed by atoms with Gasteiger partial charge >= 0.3 is 13.6 Å². The zero-order valence-corrected chi connectivity index (χ0v) is 25.3. The Labute approximate surface area is 251 Å². The molecule has 0 saturated carbocycles. The summed E-state index contributed by atoms with van der Waals surface area (Å²) in [6, 6.07) is 0. The molecule has 3 aliphatic rings. The molecule has 4 aromatic heterocycles. The number of thiol groups is 2. The maximum absolute atomic E-state index is 14.7. The minimum absolute atomic E-state index is 0.0343.